The van der Waals surface area contributed by atoms with Crippen molar-refractivity contribution in [3.05, 3.63) is 71.2 Å². The summed E-state index contributed by atoms with van der Waals surface area (Å²) in [6, 6.07) is 10.2. The lowest BCUT2D eigenvalue weighted by atomic mass is 9.96. The van der Waals surface area contributed by atoms with Gasteiger partial charge in [0, 0.05) is 0 Å². The van der Waals surface area contributed by atoms with Crippen LogP contribution < -0.4 is 11.5 Å². The van der Waals surface area contributed by atoms with Crippen LogP contribution >= 0.6 is 0 Å². The van der Waals surface area contributed by atoms with E-state index in [2.05, 4.69) is 15.0 Å². The van der Waals surface area contributed by atoms with Crippen molar-refractivity contribution >= 4 is 11.9 Å². The molecule has 0 aliphatic heterocycles. The molecule has 122 valence electrons. The van der Waals surface area contributed by atoms with Gasteiger partial charge in [-0.25, -0.2) is 9.97 Å². The minimum Gasteiger partial charge on any atom is -0.468 e. The zero-order valence-corrected chi connectivity index (χ0v) is 12.6. The van der Waals surface area contributed by atoms with Crippen LogP contribution in [0.3, 0.4) is 0 Å². The summed E-state index contributed by atoms with van der Waals surface area (Å²) < 4.78 is 5.50. The second-order valence-corrected chi connectivity index (χ2v) is 5.06. The number of carbonyl (C=O) groups excluding carboxylic acids is 1. The van der Waals surface area contributed by atoms with Crippen molar-refractivity contribution in [3.63, 3.8) is 0 Å². The molecule has 8 nitrogen and oxygen atoms in total. The SMILES string of the molecule is NC(=O)c1cc(C(c2cccc(CO)n2)c2ccco2)nc(N)n1. The van der Waals surface area contributed by atoms with Crippen LogP contribution in [0.2, 0.25) is 0 Å². The second-order valence-electron chi connectivity index (χ2n) is 5.06. The number of furan rings is 1. The minimum atomic E-state index is -0.708. The molecule has 3 rings (SSSR count). The van der Waals surface area contributed by atoms with E-state index in [9.17, 15) is 9.90 Å². The number of hydrogen-bond acceptors (Lipinski definition) is 7. The molecule has 1 atom stereocenters. The maximum Gasteiger partial charge on any atom is 0.267 e. The zero-order valence-electron chi connectivity index (χ0n) is 12.6. The first kappa shape index (κ1) is 15.6. The number of rotatable bonds is 5. The smallest absolute Gasteiger partial charge is 0.267 e. The Bertz CT molecular complexity index is 864. The van der Waals surface area contributed by atoms with E-state index in [-0.39, 0.29) is 18.2 Å². The molecule has 0 fully saturated rings. The molecule has 3 aromatic rings. The fraction of sp³-hybridized carbons (Fsp3) is 0.125. The summed E-state index contributed by atoms with van der Waals surface area (Å²) >= 11 is 0. The first-order valence-electron chi connectivity index (χ1n) is 7.13. The molecule has 0 radical (unpaired) electrons. The van der Waals surface area contributed by atoms with E-state index in [0.29, 0.717) is 22.8 Å². The highest BCUT2D eigenvalue weighted by Crippen LogP contribution is 2.30. The number of nitrogens with zero attached hydrogens (tertiary/aromatic N) is 3. The van der Waals surface area contributed by atoms with Gasteiger partial charge in [-0.3, -0.25) is 9.78 Å². The second kappa shape index (κ2) is 6.47. The number of anilines is 1. The van der Waals surface area contributed by atoms with E-state index in [4.69, 9.17) is 15.9 Å². The molecule has 3 aromatic heterocycles. The van der Waals surface area contributed by atoms with Crippen LogP contribution in [-0.2, 0) is 6.61 Å². The first-order chi connectivity index (χ1) is 11.6. The maximum atomic E-state index is 11.5. The van der Waals surface area contributed by atoms with Crippen LogP contribution in [0.4, 0.5) is 5.95 Å². The van der Waals surface area contributed by atoms with E-state index in [1.54, 1.807) is 30.3 Å². The van der Waals surface area contributed by atoms with Crippen LogP contribution in [0, 0.1) is 0 Å². The Morgan fingerprint density at radius 3 is 2.67 bits per heavy atom. The number of amides is 1. The normalized spacial score (nSPS) is 12.0. The number of aliphatic hydroxyl groups excluding tert-OH is 1. The number of hydrogen-bond donors (Lipinski definition) is 3. The van der Waals surface area contributed by atoms with E-state index < -0.39 is 11.8 Å². The molecule has 1 amide bonds. The lowest BCUT2D eigenvalue weighted by molar-refractivity contribution is 0.0995. The lowest BCUT2D eigenvalue weighted by Gasteiger charge is -2.15. The first-order valence-corrected chi connectivity index (χ1v) is 7.13. The van der Waals surface area contributed by atoms with Crippen molar-refractivity contribution in [3.8, 4) is 0 Å². The Hall–Kier alpha value is -3.26. The van der Waals surface area contributed by atoms with Gasteiger partial charge in [0.1, 0.15) is 17.4 Å². The Labute approximate surface area is 137 Å². The van der Waals surface area contributed by atoms with Crippen molar-refractivity contribution in [2.24, 2.45) is 5.73 Å². The molecule has 0 saturated carbocycles. The molecule has 0 spiro atoms. The van der Waals surface area contributed by atoms with Crippen LogP contribution in [0.25, 0.3) is 0 Å². The standard InChI is InChI=1S/C16H15N5O3/c17-15(23)12-7-11(20-16(18)21-12)14(13-5-2-6-24-13)10-4-1-3-9(8-22)19-10/h1-7,14,22H,8H2,(H2,17,23)(H2,18,20,21). The van der Waals surface area contributed by atoms with Crippen molar-refractivity contribution < 1.29 is 14.3 Å². The number of nitrogen functional groups attached to an aromatic ring is 1. The van der Waals surface area contributed by atoms with Crippen molar-refractivity contribution in [2.75, 3.05) is 5.73 Å². The van der Waals surface area contributed by atoms with Crippen molar-refractivity contribution in [1.82, 2.24) is 15.0 Å². The number of carbonyl (C=O) groups is 1. The molecule has 24 heavy (non-hydrogen) atoms. The van der Waals surface area contributed by atoms with Crippen molar-refractivity contribution in [1.29, 1.82) is 0 Å². The highest BCUT2D eigenvalue weighted by Gasteiger charge is 2.24. The van der Waals surface area contributed by atoms with Gasteiger partial charge in [-0.15, -0.1) is 0 Å². The van der Waals surface area contributed by atoms with Crippen molar-refractivity contribution in [2.45, 2.75) is 12.5 Å². The topological polar surface area (TPSA) is 141 Å². The molecule has 0 aliphatic carbocycles. The molecule has 0 aromatic carbocycles. The number of pyridine rings is 1. The number of aliphatic hydroxyl groups is 1. The summed E-state index contributed by atoms with van der Waals surface area (Å²) in [7, 11) is 0. The fourth-order valence-electron chi connectivity index (χ4n) is 2.40. The summed E-state index contributed by atoms with van der Waals surface area (Å²) in [6.45, 7) is -0.197. The molecule has 0 aliphatic rings. The average Bonchev–Trinajstić information content (AvgIpc) is 3.09. The maximum absolute atomic E-state index is 11.5. The third-order valence-corrected chi connectivity index (χ3v) is 3.43. The van der Waals surface area contributed by atoms with Gasteiger partial charge in [-0.05, 0) is 30.3 Å². The number of primary amides is 1. The quantitative estimate of drug-likeness (QED) is 0.630. The van der Waals surface area contributed by atoms with E-state index in [0.717, 1.165) is 0 Å². The third-order valence-electron chi connectivity index (χ3n) is 3.43. The average molecular weight is 325 g/mol. The lowest BCUT2D eigenvalue weighted by Crippen LogP contribution is -2.17. The van der Waals surface area contributed by atoms with Gasteiger partial charge in [-0.2, -0.15) is 0 Å². The molecule has 0 bridgehead atoms. The Kier molecular flexibility index (Phi) is 4.21. The predicted octanol–water partition coefficient (Wildman–Crippen LogP) is 0.818. The van der Waals surface area contributed by atoms with Gasteiger partial charge >= 0.3 is 0 Å². The molecule has 1 unspecified atom stereocenters. The van der Waals surface area contributed by atoms with Gasteiger partial charge in [0.05, 0.1) is 30.0 Å². The predicted molar refractivity (Wildman–Crippen MR) is 84.8 cm³/mol. The Morgan fingerprint density at radius 2 is 2.00 bits per heavy atom. The highest BCUT2D eigenvalue weighted by molar-refractivity contribution is 5.91. The molecule has 3 heterocycles. The summed E-state index contributed by atoms with van der Waals surface area (Å²) in [6.07, 6.45) is 1.53. The molecular formula is C16H15N5O3. The molecular weight excluding hydrogens is 310 g/mol. The fourth-order valence-corrected chi connectivity index (χ4v) is 2.40. The summed E-state index contributed by atoms with van der Waals surface area (Å²) in [5.74, 6) is -0.738. The molecule has 0 saturated heterocycles. The van der Waals surface area contributed by atoms with Gasteiger partial charge in [0.15, 0.2) is 0 Å². The van der Waals surface area contributed by atoms with E-state index in [1.165, 1.54) is 12.3 Å². The monoisotopic (exact) mass is 325 g/mol. The van der Waals surface area contributed by atoms with Gasteiger partial charge < -0.3 is 21.0 Å². The summed E-state index contributed by atoms with van der Waals surface area (Å²) in [5, 5.41) is 9.31. The van der Waals surface area contributed by atoms with E-state index in [1.807, 2.05) is 0 Å². The van der Waals surface area contributed by atoms with E-state index >= 15 is 0 Å². The van der Waals surface area contributed by atoms with Crippen LogP contribution in [0.1, 0.15) is 39.2 Å². The zero-order chi connectivity index (χ0) is 17.1. The molecule has 5 N–H and O–H groups in total. The number of aromatic nitrogens is 3. The largest absolute Gasteiger partial charge is 0.468 e. The Morgan fingerprint density at radius 1 is 1.17 bits per heavy atom. The summed E-state index contributed by atoms with van der Waals surface area (Å²) in [5.41, 5.74) is 12.5. The minimum absolute atomic E-state index is 0.00682. The Balaban J connectivity index is 2.17. The molecule has 8 heteroatoms. The van der Waals surface area contributed by atoms with Gasteiger partial charge in [0.25, 0.3) is 5.91 Å². The third kappa shape index (κ3) is 3.08. The highest BCUT2D eigenvalue weighted by atomic mass is 16.3. The van der Waals surface area contributed by atoms with Crippen LogP contribution in [0.5, 0.6) is 0 Å². The van der Waals surface area contributed by atoms with Gasteiger partial charge in [0.2, 0.25) is 5.95 Å². The van der Waals surface area contributed by atoms with Gasteiger partial charge in [-0.1, -0.05) is 6.07 Å². The number of nitrogens with two attached hydrogens (primary N) is 2. The summed E-state index contributed by atoms with van der Waals surface area (Å²) in [4.78, 5) is 23.9. The van der Waals surface area contributed by atoms with Crippen LogP contribution in [0.15, 0.2) is 47.1 Å². The van der Waals surface area contributed by atoms with Crippen LogP contribution in [-0.4, -0.2) is 26.0 Å².